The van der Waals surface area contributed by atoms with E-state index < -0.39 is 0 Å². The molecule has 0 radical (unpaired) electrons. The Bertz CT molecular complexity index is 310. The summed E-state index contributed by atoms with van der Waals surface area (Å²) < 4.78 is 17.8. The molecule has 0 aromatic carbocycles. The van der Waals surface area contributed by atoms with Crippen molar-refractivity contribution in [2.24, 2.45) is 0 Å². The smallest absolute Gasteiger partial charge is 0.168 e. The van der Waals surface area contributed by atoms with E-state index in [0.29, 0.717) is 6.10 Å². The fourth-order valence-electron chi connectivity index (χ4n) is 3.38. The van der Waals surface area contributed by atoms with Gasteiger partial charge in [-0.05, 0) is 44.6 Å². The molecule has 0 unspecified atom stereocenters. The lowest BCUT2D eigenvalue weighted by molar-refractivity contribution is -0.187. The maximum absolute atomic E-state index is 6.19. The van der Waals surface area contributed by atoms with Crippen molar-refractivity contribution in [3.63, 3.8) is 0 Å². The van der Waals surface area contributed by atoms with Gasteiger partial charge in [0.2, 0.25) is 0 Å². The predicted octanol–water partition coefficient (Wildman–Crippen LogP) is 3.93. The lowest BCUT2D eigenvalue weighted by Crippen LogP contribution is -2.33. The van der Waals surface area contributed by atoms with Gasteiger partial charge in [0.1, 0.15) is 0 Å². The fraction of sp³-hybridized carbons (Fsp3) is 0.875. The minimum atomic E-state index is -0.211. The van der Waals surface area contributed by atoms with Gasteiger partial charge in [-0.3, -0.25) is 0 Å². The summed E-state index contributed by atoms with van der Waals surface area (Å²) >= 11 is 0. The molecule has 3 heteroatoms. The van der Waals surface area contributed by atoms with Crippen LogP contribution in [0, 0.1) is 0 Å². The molecular weight excluding hydrogens is 240 g/mol. The SMILES string of the molecule is C(/CC[C@H]1COC2(CCCCC2)O1)=C1/CCCCO1. The van der Waals surface area contributed by atoms with E-state index in [-0.39, 0.29) is 5.79 Å². The molecule has 0 bridgehead atoms. The predicted molar refractivity (Wildman–Crippen MR) is 73.8 cm³/mol. The van der Waals surface area contributed by atoms with Gasteiger partial charge in [0.15, 0.2) is 5.79 Å². The van der Waals surface area contributed by atoms with E-state index in [1.54, 1.807) is 0 Å². The lowest BCUT2D eigenvalue weighted by Gasteiger charge is -2.31. The van der Waals surface area contributed by atoms with E-state index in [2.05, 4.69) is 6.08 Å². The highest BCUT2D eigenvalue weighted by atomic mass is 16.7. The standard InChI is InChI=1S/C16H26O3/c1-3-10-16(11-4-1)18-13-15(19-16)9-6-8-14-7-2-5-12-17-14/h8,15H,1-7,9-13H2/b14-8+/t15-/m0/s1. The zero-order valence-electron chi connectivity index (χ0n) is 11.9. The van der Waals surface area contributed by atoms with Gasteiger partial charge >= 0.3 is 0 Å². The van der Waals surface area contributed by atoms with Crippen molar-refractivity contribution in [3.8, 4) is 0 Å². The molecule has 0 N–H and O–H groups in total. The topological polar surface area (TPSA) is 27.7 Å². The first-order valence-electron chi connectivity index (χ1n) is 8.00. The highest BCUT2D eigenvalue weighted by molar-refractivity contribution is 4.95. The number of allylic oxidation sites excluding steroid dienone is 2. The van der Waals surface area contributed by atoms with Crippen LogP contribution in [0.3, 0.4) is 0 Å². The molecule has 0 aromatic heterocycles. The Morgan fingerprint density at radius 2 is 2.00 bits per heavy atom. The van der Waals surface area contributed by atoms with Crippen LogP contribution in [0.15, 0.2) is 11.8 Å². The van der Waals surface area contributed by atoms with Crippen molar-refractivity contribution in [1.82, 2.24) is 0 Å². The maximum Gasteiger partial charge on any atom is 0.168 e. The normalized spacial score (nSPS) is 32.6. The Labute approximate surface area is 116 Å². The van der Waals surface area contributed by atoms with Gasteiger partial charge in [0.25, 0.3) is 0 Å². The molecule has 0 aromatic rings. The Balaban J connectivity index is 1.41. The molecule has 2 saturated heterocycles. The molecule has 1 saturated carbocycles. The van der Waals surface area contributed by atoms with Crippen LogP contribution in [0.2, 0.25) is 0 Å². The summed E-state index contributed by atoms with van der Waals surface area (Å²) in [6, 6.07) is 0. The first-order chi connectivity index (χ1) is 9.36. The van der Waals surface area contributed by atoms with Crippen molar-refractivity contribution >= 4 is 0 Å². The summed E-state index contributed by atoms with van der Waals surface area (Å²) in [6.07, 6.45) is 14.3. The second kappa shape index (κ2) is 6.27. The summed E-state index contributed by atoms with van der Waals surface area (Å²) in [5, 5.41) is 0. The van der Waals surface area contributed by atoms with Crippen molar-refractivity contribution in [2.45, 2.75) is 76.1 Å². The van der Waals surface area contributed by atoms with Crippen molar-refractivity contribution in [1.29, 1.82) is 0 Å². The molecule has 2 heterocycles. The van der Waals surface area contributed by atoms with Crippen LogP contribution in [0.1, 0.15) is 64.2 Å². The van der Waals surface area contributed by atoms with Crippen LogP contribution < -0.4 is 0 Å². The molecule has 0 amide bonds. The highest BCUT2D eigenvalue weighted by Gasteiger charge is 2.41. The zero-order valence-corrected chi connectivity index (χ0v) is 11.9. The number of hydrogen-bond acceptors (Lipinski definition) is 3. The zero-order chi connectivity index (χ0) is 13.0. The van der Waals surface area contributed by atoms with E-state index in [1.165, 1.54) is 37.9 Å². The monoisotopic (exact) mass is 266 g/mol. The Morgan fingerprint density at radius 1 is 1.11 bits per heavy atom. The third-order valence-corrected chi connectivity index (χ3v) is 4.49. The average Bonchev–Trinajstić information content (AvgIpc) is 2.84. The Kier molecular flexibility index (Phi) is 4.44. The van der Waals surface area contributed by atoms with Crippen LogP contribution >= 0.6 is 0 Å². The molecule has 3 nitrogen and oxygen atoms in total. The minimum absolute atomic E-state index is 0.211. The van der Waals surface area contributed by atoms with Crippen LogP contribution in [0.25, 0.3) is 0 Å². The molecule has 2 aliphatic heterocycles. The molecule has 1 atom stereocenters. The summed E-state index contributed by atoms with van der Waals surface area (Å²) in [5.74, 6) is 0.981. The molecule has 1 spiro atoms. The molecule has 3 rings (SSSR count). The number of ether oxygens (including phenoxy) is 3. The third-order valence-electron chi connectivity index (χ3n) is 4.49. The van der Waals surface area contributed by atoms with Crippen LogP contribution in [-0.2, 0) is 14.2 Å². The van der Waals surface area contributed by atoms with E-state index in [0.717, 1.165) is 45.3 Å². The van der Waals surface area contributed by atoms with Gasteiger partial charge in [0, 0.05) is 19.3 Å². The summed E-state index contributed by atoms with van der Waals surface area (Å²) in [6.45, 7) is 1.68. The summed E-state index contributed by atoms with van der Waals surface area (Å²) in [5.41, 5.74) is 0. The first-order valence-corrected chi connectivity index (χ1v) is 8.00. The van der Waals surface area contributed by atoms with Crippen molar-refractivity contribution < 1.29 is 14.2 Å². The third kappa shape index (κ3) is 3.51. The van der Waals surface area contributed by atoms with Crippen LogP contribution in [0.4, 0.5) is 0 Å². The summed E-state index contributed by atoms with van der Waals surface area (Å²) in [7, 11) is 0. The Hall–Kier alpha value is -0.540. The highest BCUT2D eigenvalue weighted by Crippen LogP contribution is 2.38. The second-order valence-corrected chi connectivity index (χ2v) is 6.08. The molecule has 19 heavy (non-hydrogen) atoms. The fourth-order valence-corrected chi connectivity index (χ4v) is 3.38. The largest absolute Gasteiger partial charge is 0.498 e. The minimum Gasteiger partial charge on any atom is -0.498 e. The van der Waals surface area contributed by atoms with Gasteiger partial charge in [0.05, 0.1) is 25.1 Å². The molecule has 1 aliphatic carbocycles. The van der Waals surface area contributed by atoms with Gasteiger partial charge in [-0.1, -0.05) is 6.42 Å². The molecule has 3 fully saturated rings. The van der Waals surface area contributed by atoms with Crippen molar-refractivity contribution in [2.75, 3.05) is 13.2 Å². The lowest BCUT2D eigenvalue weighted by atomic mass is 9.94. The van der Waals surface area contributed by atoms with Crippen LogP contribution in [0.5, 0.6) is 0 Å². The van der Waals surface area contributed by atoms with Gasteiger partial charge in [-0.15, -0.1) is 0 Å². The van der Waals surface area contributed by atoms with Crippen LogP contribution in [-0.4, -0.2) is 25.1 Å². The number of hydrogen-bond donors (Lipinski definition) is 0. The molecular formula is C16H26O3. The molecule has 3 aliphatic rings. The quantitative estimate of drug-likeness (QED) is 0.774. The van der Waals surface area contributed by atoms with E-state index in [4.69, 9.17) is 14.2 Å². The summed E-state index contributed by atoms with van der Waals surface area (Å²) in [4.78, 5) is 0. The van der Waals surface area contributed by atoms with E-state index in [9.17, 15) is 0 Å². The maximum atomic E-state index is 6.19. The Morgan fingerprint density at radius 3 is 2.79 bits per heavy atom. The van der Waals surface area contributed by atoms with Gasteiger partial charge < -0.3 is 14.2 Å². The second-order valence-electron chi connectivity index (χ2n) is 6.08. The number of rotatable bonds is 3. The first kappa shape index (κ1) is 13.4. The van der Waals surface area contributed by atoms with Crippen molar-refractivity contribution in [3.05, 3.63) is 11.8 Å². The average molecular weight is 266 g/mol. The van der Waals surface area contributed by atoms with E-state index >= 15 is 0 Å². The molecule has 108 valence electrons. The van der Waals surface area contributed by atoms with Gasteiger partial charge in [-0.25, -0.2) is 0 Å². The van der Waals surface area contributed by atoms with E-state index in [1.807, 2.05) is 0 Å². The van der Waals surface area contributed by atoms with Gasteiger partial charge in [-0.2, -0.15) is 0 Å².